The second kappa shape index (κ2) is 6.87. The van der Waals surface area contributed by atoms with E-state index in [2.05, 4.69) is 44.1 Å². The highest BCUT2D eigenvalue weighted by Crippen LogP contribution is 2.27. The molecule has 4 nitrogen and oxygen atoms in total. The van der Waals surface area contributed by atoms with Gasteiger partial charge in [0.2, 0.25) is 0 Å². The third-order valence-electron chi connectivity index (χ3n) is 3.99. The summed E-state index contributed by atoms with van der Waals surface area (Å²) in [5, 5.41) is 13.3. The van der Waals surface area contributed by atoms with Crippen LogP contribution in [-0.4, -0.2) is 11.8 Å². The Labute approximate surface area is 138 Å². The summed E-state index contributed by atoms with van der Waals surface area (Å²) in [4.78, 5) is 0. The molecule has 0 bridgehead atoms. The van der Waals surface area contributed by atoms with Crippen LogP contribution in [0.1, 0.15) is 55.7 Å². The summed E-state index contributed by atoms with van der Waals surface area (Å²) in [6.45, 7) is 10.7. The molecule has 122 valence electrons. The normalized spacial score (nSPS) is 12.7. The summed E-state index contributed by atoms with van der Waals surface area (Å²) < 4.78 is 10.9. The fraction of sp³-hybridized carbons (Fsp3) is 0.474. The molecule has 0 fully saturated rings. The van der Waals surface area contributed by atoms with Gasteiger partial charge in [0.15, 0.2) is 0 Å². The molecule has 0 spiro atoms. The lowest BCUT2D eigenvalue weighted by Crippen LogP contribution is -2.10. The second-order valence-electron chi connectivity index (χ2n) is 6.83. The van der Waals surface area contributed by atoms with Crippen LogP contribution in [0.2, 0.25) is 0 Å². The Bertz CT molecular complexity index is 668. The van der Waals surface area contributed by atoms with Gasteiger partial charge < -0.3 is 9.26 Å². The molecular formula is C19H24N2O2. The Morgan fingerprint density at radius 1 is 1.22 bits per heavy atom. The third kappa shape index (κ3) is 4.13. The van der Waals surface area contributed by atoms with E-state index in [0.29, 0.717) is 18.8 Å². The van der Waals surface area contributed by atoms with Crippen molar-refractivity contribution in [2.24, 2.45) is 0 Å². The van der Waals surface area contributed by atoms with E-state index in [1.54, 1.807) is 0 Å². The lowest BCUT2D eigenvalue weighted by atomic mass is 9.87. The number of hydrogen-bond acceptors (Lipinski definition) is 4. The van der Waals surface area contributed by atoms with Crippen LogP contribution < -0.4 is 4.74 Å². The zero-order valence-electron chi connectivity index (χ0n) is 14.5. The maximum absolute atomic E-state index is 9.39. The first-order valence-corrected chi connectivity index (χ1v) is 7.88. The van der Waals surface area contributed by atoms with Crippen LogP contribution in [0.15, 0.2) is 28.8 Å². The fourth-order valence-corrected chi connectivity index (χ4v) is 2.61. The largest absolute Gasteiger partial charge is 0.494 e. The SMILES string of the molecule is Cc1noc(C)c1C(C#N)CCOc1ccc(C(C)(C)C)cc1. The minimum Gasteiger partial charge on any atom is -0.494 e. The van der Waals surface area contributed by atoms with Crippen LogP contribution >= 0.6 is 0 Å². The second-order valence-corrected chi connectivity index (χ2v) is 6.83. The van der Waals surface area contributed by atoms with E-state index in [1.165, 1.54) is 5.56 Å². The third-order valence-corrected chi connectivity index (χ3v) is 3.99. The van der Waals surface area contributed by atoms with Crippen molar-refractivity contribution in [1.29, 1.82) is 5.26 Å². The molecule has 0 aliphatic heterocycles. The number of aryl methyl sites for hydroxylation is 2. The summed E-state index contributed by atoms with van der Waals surface area (Å²) in [7, 11) is 0. The van der Waals surface area contributed by atoms with Gasteiger partial charge >= 0.3 is 0 Å². The molecule has 0 N–H and O–H groups in total. The van der Waals surface area contributed by atoms with E-state index in [-0.39, 0.29) is 11.3 Å². The number of hydrogen-bond donors (Lipinski definition) is 0. The Morgan fingerprint density at radius 3 is 2.35 bits per heavy atom. The fourth-order valence-electron chi connectivity index (χ4n) is 2.61. The van der Waals surface area contributed by atoms with Gasteiger partial charge in [0.1, 0.15) is 11.5 Å². The van der Waals surface area contributed by atoms with E-state index in [9.17, 15) is 5.26 Å². The van der Waals surface area contributed by atoms with Crippen LogP contribution in [0.25, 0.3) is 0 Å². The number of nitrogens with zero attached hydrogens (tertiary/aromatic N) is 2. The number of rotatable bonds is 5. The first-order chi connectivity index (χ1) is 10.8. The number of nitriles is 1. The summed E-state index contributed by atoms with van der Waals surface area (Å²) in [5.74, 6) is 1.28. The van der Waals surface area contributed by atoms with E-state index in [0.717, 1.165) is 17.0 Å². The number of ether oxygens (including phenoxy) is 1. The van der Waals surface area contributed by atoms with Gasteiger partial charge in [0, 0.05) is 12.0 Å². The first-order valence-electron chi connectivity index (χ1n) is 7.88. The quantitative estimate of drug-likeness (QED) is 0.805. The zero-order chi connectivity index (χ0) is 17.0. The Morgan fingerprint density at radius 2 is 1.87 bits per heavy atom. The van der Waals surface area contributed by atoms with Gasteiger partial charge in [-0.1, -0.05) is 38.1 Å². The molecule has 0 saturated heterocycles. The predicted molar refractivity (Wildman–Crippen MR) is 89.6 cm³/mol. The molecule has 1 atom stereocenters. The molecule has 1 unspecified atom stereocenters. The Balaban J connectivity index is 1.95. The van der Waals surface area contributed by atoms with Gasteiger partial charge in [-0.2, -0.15) is 5.26 Å². The van der Waals surface area contributed by atoms with Crippen molar-refractivity contribution in [3.63, 3.8) is 0 Å². The van der Waals surface area contributed by atoms with Crippen LogP contribution in [0.3, 0.4) is 0 Å². The number of benzene rings is 1. The Hall–Kier alpha value is -2.28. The average molecular weight is 312 g/mol. The van der Waals surface area contributed by atoms with Gasteiger partial charge in [-0.15, -0.1) is 0 Å². The van der Waals surface area contributed by atoms with Gasteiger partial charge in [0.05, 0.1) is 24.3 Å². The van der Waals surface area contributed by atoms with Crippen LogP contribution in [-0.2, 0) is 5.41 Å². The smallest absolute Gasteiger partial charge is 0.138 e. The lowest BCUT2D eigenvalue weighted by Gasteiger charge is -2.19. The summed E-state index contributed by atoms with van der Waals surface area (Å²) in [6, 6.07) is 10.5. The van der Waals surface area contributed by atoms with Crippen molar-refractivity contribution in [3.8, 4) is 11.8 Å². The van der Waals surface area contributed by atoms with Crippen molar-refractivity contribution >= 4 is 0 Å². The summed E-state index contributed by atoms with van der Waals surface area (Å²) in [5.41, 5.74) is 3.08. The maximum Gasteiger partial charge on any atom is 0.138 e. The monoisotopic (exact) mass is 312 g/mol. The highest BCUT2D eigenvalue weighted by Gasteiger charge is 2.20. The molecule has 0 radical (unpaired) electrons. The van der Waals surface area contributed by atoms with E-state index in [4.69, 9.17) is 9.26 Å². The van der Waals surface area contributed by atoms with Gasteiger partial charge in [-0.05, 0) is 37.0 Å². The maximum atomic E-state index is 9.39. The molecule has 1 heterocycles. The summed E-state index contributed by atoms with van der Waals surface area (Å²) >= 11 is 0. The molecule has 0 amide bonds. The van der Waals surface area contributed by atoms with E-state index in [1.807, 2.05) is 26.0 Å². The molecule has 0 aliphatic carbocycles. The molecule has 2 rings (SSSR count). The highest BCUT2D eigenvalue weighted by atomic mass is 16.5. The molecule has 4 heteroatoms. The highest BCUT2D eigenvalue weighted by molar-refractivity contribution is 5.32. The summed E-state index contributed by atoms with van der Waals surface area (Å²) in [6.07, 6.45) is 0.612. The minimum absolute atomic E-state index is 0.133. The van der Waals surface area contributed by atoms with E-state index < -0.39 is 0 Å². The van der Waals surface area contributed by atoms with Crippen LogP contribution in [0, 0.1) is 25.2 Å². The predicted octanol–water partition coefficient (Wildman–Crippen LogP) is 4.67. The van der Waals surface area contributed by atoms with Crippen molar-refractivity contribution < 1.29 is 9.26 Å². The van der Waals surface area contributed by atoms with Crippen LogP contribution in [0.4, 0.5) is 0 Å². The van der Waals surface area contributed by atoms with Crippen molar-refractivity contribution in [1.82, 2.24) is 5.16 Å². The Kier molecular flexibility index (Phi) is 5.10. The van der Waals surface area contributed by atoms with E-state index >= 15 is 0 Å². The topological polar surface area (TPSA) is 59.0 Å². The average Bonchev–Trinajstić information content (AvgIpc) is 2.83. The van der Waals surface area contributed by atoms with Gasteiger partial charge in [-0.3, -0.25) is 0 Å². The molecule has 0 saturated carbocycles. The van der Waals surface area contributed by atoms with Crippen LogP contribution in [0.5, 0.6) is 5.75 Å². The molecular weight excluding hydrogens is 288 g/mol. The zero-order valence-corrected chi connectivity index (χ0v) is 14.5. The van der Waals surface area contributed by atoms with Crippen molar-refractivity contribution in [2.45, 2.75) is 52.4 Å². The molecule has 1 aromatic heterocycles. The first kappa shape index (κ1) is 17.1. The standard InChI is InChI=1S/C19H24N2O2/c1-13-18(14(2)23-21-13)15(12-20)10-11-22-17-8-6-16(7-9-17)19(3,4)5/h6-9,15H,10-11H2,1-5H3. The van der Waals surface area contributed by atoms with Crippen molar-refractivity contribution in [3.05, 3.63) is 46.8 Å². The molecule has 23 heavy (non-hydrogen) atoms. The van der Waals surface area contributed by atoms with Gasteiger partial charge in [-0.25, -0.2) is 0 Å². The molecule has 0 aliphatic rings. The molecule has 1 aromatic carbocycles. The number of aromatic nitrogens is 1. The minimum atomic E-state index is -0.255. The molecule has 2 aromatic rings. The van der Waals surface area contributed by atoms with Crippen molar-refractivity contribution in [2.75, 3.05) is 6.61 Å². The van der Waals surface area contributed by atoms with Gasteiger partial charge in [0.25, 0.3) is 0 Å². The lowest BCUT2D eigenvalue weighted by molar-refractivity contribution is 0.305.